The Morgan fingerprint density at radius 2 is 2.11 bits per heavy atom. The summed E-state index contributed by atoms with van der Waals surface area (Å²) in [5.41, 5.74) is 1.46. The number of anilines is 1. The maximum atomic E-state index is 11.3. The van der Waals surface area contributed by atoms with Crippen molar-refractivity contribution in [1.82, 2.24) is 5.32 Å². The highest BCUT2D eigenvalue weighted by molar-refractivity contribution is 9.10. The molecule has 1 aliphatic heterocycles. The SMILES string of the molecule is O=S1(=O)CC=C(NC(=S)Nc2cccc(Br)c2)C1. The van der Waals surface area contributed by atoms with E-state index >= 15 is 0 Å². The van der Waals surface area contributed by atoms with E-state index in [0.717, 1.165) is 10.2 Å². The molecule has 2 N–H and O–H groups in total. The first kappa shape index (κ1) is 13.5. The summed E-state index contributed by atoms with van der Waals surface area (Å²) in [5.74, 6) is 0.0993. The molecule has 7 heteroatoms. The molecule has 1 aliphatic rings. The Balaban J connectivity index is 1.94. The highest BCUT2D eigenvalue weighted by Crippen LogP contribution is 2.16. The molecular formula is C11H11BrN2O2S2. The fraction of sp³-hybridized carbons (Fsp3) is 0.182. The van der Waals surface area contributed by atoms with Gasteiger partial charge in [0.2, 0.25) is 0 Å². The first-order valence-corrected chi connectivity index (χ1v) is 8.20. The highest BCUT2D eigenvalue weighted by Gasteiger charge is 2.20. The van der Waals surface area contributed by atoms with Gasteiger partial charge in [-0.15, -0.1) is 0 Å². The van der Waals surface area contributed by atoms with Crippen LogP contribution in [-0.2, 0) is 9.84 Å². The van der Waals surface area contributed by atoms with Crippen molar-refractivity contribution in [2.75, 3.05) is 16.8 Å². The Morgan fingerprint density at radius 1 is 1.33 bits per heavy atom. The Bertz CT molecular complexity index is 611. The predicted octanol–water partition coefficient (Wildman–Crippen LogP) is 2.05. The summed E-state index contributed by atoms with van der Waals surface area (Å²) in [7, 11) is -2.97. The fourth-order valence-corrected chi connectivity index (χ4v) is 3.43. The summed E-state index contributed by atoms with van der Waals surface area (Å²) >= 11 is 8.48. The number of hydrogen-bond donors (Lipinski definition) is 2. The number of sulfone groups is 1. The van der Waals surface area contributed by atoms with Crippen molar-refractivity contribution in [3.63, 3.8) is 0 Å². The van der Waals surface area contributed by atoms with E-state index in [1.807, 2.05) is 24.3 Å². The second-order valence-electron chi connectivity index (χ2n) is 3.87. The topological polar surface area (TPSA) is 58.2 Å². The van der Waals surface area contributed by atoms with E-state index in [-0.39, 0.29) is 11.5 Å². The quantitative estimate of drug-likeness (QED) is 0.802. The minimum absolute atomic E-state index is 0.0211. The third-order valence-electron chi connectivity index (χ3n) is 2.32. The molecule has 0 aromatic heterocycles. The van der Waals surface area contributed by atoms with E-state index in [1.165, 1.54) is 0 Å². The van der Waals surface area contributed by atoms with Gasteiger partial charge in [-0.3, -0.25) is 0 Å². The van der Waals surface area contributed by atoms with E-state index < -0.39 is 9.84 Å². The average Bonchev–Trinajstić information content (AvgIpc) is 2.57. The van der Waals surface area contributed by atoms with Crippen LogP contribution in [0.2, 0.25) is 0 Å². The molecule has 0 bridgehead atoms. The van der Waals surface area contributed by atoms with Crippen LogP contribution >= 0.6 is 28.1 Å². The Kier molecular flexibility index (Phi) is 4.04. The van der Waals surface area contributed by atoms with Gasteiger partial charge in [-0.25, -0.2) is 8.42 Å². The molecule has 2 rings (SSSR count). The van der Waals surface area contributed by atoms with Crippen molar-refractivity contribution in [1.29, 1.82) is 0 Å². The zero-order chi connectivity index (χ0) is 13.2. The van der Waals surface area contributed by atoms with Crippen LogP contribution in [-0.4, -0.2) is 25.0 Å². The van der Waals surface area contributed by atoms with Gasteiger partial charge in [0, 0.05) is 15.9 Å². The van der Waals surface area contributed by atoms with E-state index in [4.69, 9.17) is 12.2 Å². The predicted molar refractivity (Wildman–Crippen MR) is 80.2 cm³/mol. The molecule has 18 heavy (non-hydrogen) atoms. The molecule has 1 aromatic carbocycles. The minimum Gasteiger partial charge on any atom is -0.335 e. The van der Waals surface area contributed by atoms with Crippen LogP contribution in [0.3, 0.4) is 0 Å². The summed E-state index contributed by atoms with van der Waals surface area (Å²) in [6, 6.07) is 7.55. The van der Waals surface area contributed by atoms with E-state index in [2.05, 4.69) is 26.6 Å². The molecule has 0 saturated carbocycles. The second-order valence-corrected chi connectivity index (χ2v) is 7.31. The molecule has 0 spiro atoms. The van der Waals surface area contributed by atoms with Crippen LogP contribution < -0.4 is 10.6 Å². The third kappa shape index (κ3) is 3.79. The van der Waals surface area contributed by atoms with Gasteiger partial charge in [0.05, 0.1) is 11.5 Å². The zero-order valence-electron chi connectivity index (χ0n) is 9.31. The number of benzene rings is 1. The summed E-state index contributed by atoms with van der Waals surface area (Å²) < 4.78 is 23.5. The monoisotopic (exact) mass is 346 g/mol. The lowest BCUT2D eigenvalue weighted by molar-refractivity contribution is 0.603. The fourth-order valence-electron chi connectivity index (χ4n) is 1.54. The number of rotatable bonds is 2. The molecule has 0 fully saturated rings. The van der Waals surface area contributed by atoms with Crippen LogP contribution in [0.25, 0.3) is 0 Å². The van der Waals surface area contributed by atoms with Gasteiger partial charge in [0.25, 0.3) is 0 Å². The standard InChI is InChI=1S/C11H11BrN2O2S2/c12-8-2-1-3-9(6-8)13-11(17)14-10-4-5-18(15,16)7-10/h1-4,6H,5,7H2,(H2,13,14,17). The molecule has 0 amide bonds. The van der Waals surface area contributed by atoms with Crippen LogP contribution in [0.15, 0.2) is 40.5 Å². The number of thiocarbonyl (C=S) groups is 1. The lowest BCUT2D eigenvalue weighted by Crippen LogP contribution is -2.29. The molecule has 96 valence electrons. The van der Waals surface area contributed by atoms with Gasteiger partial charge in [-0.1, -0.05) is 22.0 Å². The van der Waals surface area contributed by atoms with Crippen molar-refractivity contribution in [3.8, 4) is 0 Å². The van der Waals surface area contributed by atoms with Gasteiger partial charge in [0.15, 0.2) is 14.9 Å². The molecule has 0 aliphatic carbocycles. The summed E-state index contributed by atoms with van der Waals surface area (Å²) in [4.78, 5) is 0. The third-order valence-corrected chi connectivity index (χ3v) is 4.44. The molecule has 0 atom stereocenters. The van der Waals surface area contributed by atoms with Gasteiger partial charge in [0.1, 0.15) is 0 Å². The molecule has 4 nitrogen and oxygen atoms in total. The van der Waals surface area contributed by atoms with Gasteiger partial charge in [-0.05, 0) is 36.5 Å². The van der Waals surface area contributed by atoms with Crippen LogP contribution in [0.1, 0.15) is 0 Å². The van der Waals surface area contributed by atoms with Gasteiger partial charge in [-0.2, -0.15) is 0 Å². The number of hydrogen-bond acceptors (Lipinski definition) is 3. The Labute approximate surface area is 120 Å². The van der Waals surface area contributed by atoms with Crippen LogP contribution in [0, 0.1) is 0 Å². The molecule has 0 radical (unpaired) electrons. The van der Waals surface area contributed by atoms with Crippen molar-refractivity contribution in [2.45, 2.75) is 0 Å². The van der Waals surface area contributed by atoms with Crippen LogP contribution in [0.4, 0.5) is 5.69 Å². The zero-order valence-corrected chi connectivity index (χ0v) is 12.5. The summed E-state index contributed by atoms with van der Waals surface area (Å²) in [6.07, 6.45) is 1.64. The maximum Gasteiger partial charge on any atom is 0.175 e. The lowest BCUT2D eigenvalue weighted by Gasteiger charge is -2.10. The normalized spacial score (nSPS) is 17.1. The van der Waals surface area contributed by atoms with E-state index in [0.29, 0.717) is 10.8 Å². The lowest BCUT2D eigenvalue weighted by atomic mass is 10.3. The molecule has 1 heterocycles. The van der Waals surface area contributed by atoms with Crippen molar-refractivity contribution in [2.24, 2.45) is 0 Å². The molecule has 1 aromatic rings. The van der Waals surface area contributed by atoms with E-state index in [9.17, 15) is 8.42 Å². The minimum atomic E-state index is -2.97. The Morgan fingerprint density at radius 3 is 2.72 bits per heavy atom. The summed E-state index contributed by atoms with van der Waals surface area (Å²) in [6.45, 7) is 0. The largest absolute Gasteiger partial charge is 0.335 e. The Hall–Kier alpha value is -0.920. The molecule has 0 saturated heterocycles. The smallest absolute Gasteiger partial charge is 0.175 e. The first-order chi connectivity index (χ1) is 8.44. The van der Waals surface area contributed by atoms with Crippen molar-refractivity contribution >= 4 is 48.8 Å². The van der Waals surface area contributed by atoms with Crippen LogP contribution in [0.5, 0.6) is 0 Å². The van der Waals surface area contributed by atoms with Crippen molar-refractivity contribution in [3.05, 3.63) is 40.5 Å². The van der Waals surface area contributed by atoms with Gasteiger partial charge >= 0.3 is 0 Å². The summed E-state index contributed by atoms with van der Waals surface area (Å²) in [5, 5.41) is 6.27. The molecular weight excluding hydrogens is 336 g/mol. The highest BCUT2D eigenvalue weighted by atomic mass is 79.9. The number of halogens is 1. The maximum absolute atomic E-state index is 11.3. The average molecular weight is 347 g/mol. The molecule has 0 unspecified atom stereocenters. The van der Waals surface area contributed by atoms with Crippen molar-refractivity contribution < 1.29 is 8.42 Å². The number of nitrogens with one attached hydrogen (secondary N) is 2. The first-order valence-electron chi connectivity index (χ1n) is 5.18. The second kappa shape index (κ2) is 5.38. The van der Waals surface area contributed by atoms with Gasteiger partial charge < -0.3 is 10.6 Å². The van der Waals surface area contributed by atoms with E-state index in [1.54, 1.807) is 6.08 Å².